The van der Waals surface area contributed by atoms with E-state index in [-0.39, 0.29) is 5.97 Å². The highest BCUT2D eigenvalue weighted by Crippen LogP contribution is 2.30. The number of para-hydroxylation sites is 1. The van der Waals surface area contributed by atoms with Crippen molar-refractivity contribution in [3.8, 4) is 11.5 Å². The van der Waals surface area contributed by atoms with Crippen LogP contribution in [-0.2, 0) is 9.53 Å². The normalized spacial score (nSPS) is 12.5. The molecule has 3 rings (SSSR count). The van der Waals surface area contributed by atoms with Gasteiger partial charge in [0.05, 0.1) is 12.7 Å². The van der Waals surface area contributed by atoms with E-state index in [9.17, 15) is 4.79 Å². The minimum Gasteiger partial charge on any atom is -0.468 e. The Morgan fingerprint density at radius 2 is 2.19 bits per heavy atom. The third kappa shape index (κ3) is 2.64. The van der Waals surface area contributed by atoms with Gasteiger partial charge in [0.2, 0.25) is 0 Å². The zero-order valence-electron chi connectivity index (χ0n) is 11.5. The summed E-state index contributed by atoms with van der Waals surface area (Å²) in [6.07, 6.45) is 1.83. The molecule has 0 amide bonds. The number of nitrogens with zero attached hydrogens (tertiary/aromatic N) is 2. The molecule has 0 bridgehead atoms. The van der Waals surface area contributed by atoms with Gasteiger partial charge in [-0.05, 0) is 13.0 Å². The fraction of sp³-hybridized carbons (Fsp3) is 0.214. The third-order valence-corrected chi connectivity index (χ3v) is 3.95. The second-order valence-electron chi connectivity index (χ2n) is 4.40. The molecule has 1 unspecified atom stereocenters. The van der Waals surface area contributed by atoms with Crippen LogP contribution >= 0.6 is 11.8 Å². The van der Waals surface area contributed by atoms with E-state index in [0.29, 0.717) is 11.1 Å². The second kappa shape index (κ2) is 5.61. The molecule has 0 aliphatic heterocycles. The summed E-state index contributed by atoms with van der Waals surface area (Å²) in [6.45, 7) is 1.73. The molecule has 0 aliphatic rings. The lowest BCUT2D eigenvalue weighted by Gasteiger charge is -2.04. The molecule has 0 saturated heterocycles. The first-order valence-electron chi connectivity index (χ1n) is 6.33. The zero-order valence-corrected chi connectivity index (χ0v) is 12.3. The summed E-state index contributed by atoms with van der Waals surface area (Å²) in [5.41, 5.74) is 1.85. The van der Waals surface area contributed by atoms with Gasteiger partial charge in [-0.25, -0.2) is 0 Å². The number of benzene rings is 1. The fourth-order valence-electron chi connectivity index (χ4n) is 1.98. The maximum atomic E-state index is 11.4. The lowest BCUT2D eigenvalue weighted by atomic mass is 10.2. The van der Waals surface area contributed by atoms with Crippen LogP contribution in [-0.4, -0.2) is 33.5 Å². The molecule has 21 heavy (non-hydrogen) atoms. The lowest BCUT2D eigenvalue weighted by Crippen LogP contribution is -2.14. The standard InChI is InChI=1S/C14H13N3O3S/c1-8(13(18)19-2)21-14-17-16-12(20-14)10-7-15-11-6-4-3-5-9(10)11/h3-8,15H,1-2H3. The van der Waals surface area contributed by atoms with Crippen molar-refractivity contribution in [2.45, 2.75) is 17.4 Å². The van der Waals surface area contributed by atoms with Crippen molar-refractivity contribution in [2.75, 3.05) is 7.11 Å². The van der Waals surface area contributed by atoms with E-state index >= 15 is 0 Å². The molecule has 1 N–H and O–H groups in total. The number of ether oxygens (including phenoxy) is 1. The number of methoxy groups -OCH3 is 1. The largest absolute Gasteiger partial charge is 0.468 e. The topological polar surface area (TPSA) is 81.0 Å². The van der Waals surface area contributed by atoms with Crippen LogP contribution in [0.25, 0.3) is 22.4 Å². The molecule has 108 valence electrons. The van der Waals surface area contributed by atoms with E-state index in [1.165, 1.54) is 18.9 Å². The van der Waals surface area contributed by atoms with Gasteiger partial charge in [0.25, 0.3) is 11.1 Å². The summed E-state index contributed by atoms with van der Waals surface area (Å²) < 4.78 is 10.3. The van der Waals surface area contributed by atoms with E-state index in [4.69, 9.17) is 4.42 Å². The molecule has 0 saturated carbocycles. The zero-order chi connectivity index (χ0) is 14.8. The van der Waals surface area contributed by atoms with E-state index in [1.807, 2.05) is 30.5 Å². The smallest absolute Gasteiger partial charge is 0.319 e. The predicted octanol–water partition coefficient (Wildman–Crippen LogP) is 2.87. The third-order valence-electron chi connectivity index (χ3n) is 3.04. The summed E-state index contributed by atoms with van der Waals surface area (Å²) in [6, 6.07) is 7.86. The first-order valence-corrected chi connectivity index (χ1v) is 7.21. The number of hydrogen-bond donors (Lipinski definition) is 1. The summed E-state index contributed by atoms with van der Waals surface area (Å²) in [5.74, 6) is 0.0962. The van der Waals surface area contributed by atoms with Crippen LogP contribution in [0.15, 0.2) is 40.1 Å². The number of esters is 1. The average molecular weight is 303 g/mol. The van der Waals surface area contributed by atoms with Gasteiger partial charge in [-0.1, -0.05) is 30.0 Å². The van der Waals surface area contributed by atoms with Crippen LogP contribution in [0.1, 0.15) is 6.92 Å². The Balaban J connectivity index is 1.86. The van der Waals surface area contributed by atoms with Crippen LogP contribution in [0.2, 0.25) is 0 Å². The van der Waals surface area contributed by atoms with Crippen LogP contribution in [0.4, 0.5) is 0 Å². The maximum absolute atomic E-state index is 11.4. The molecule has 1 atom stereocenters. The number of hydrogen-bond acceptors (Lipinski definition) is 6. The minimum atomic E-state index is -0.397. The molecule has 2 heterocycles. The molecule has 0 aliphatic carbocycles. The van der Waals surface area contributed by atoms with Crippen LogP contribution in [0.3, 0.4) is 0 Å². The quantitative estimate of drug-likeness (QED) is 0.589. The monoisotopic (exact) mass is 303 g/mol. The van der Waals surface area contributed by atoms with Crippen molar-refractivity contribution in [2.24, 2.45) is 0 Å². The maximum Gasteiger partial charge on any atom is 0.319 e. The Kier molecular flexibility index (Phi) is 3.66. The number of carbonyl (C=O) groups is 1. The van der Waals surface area contributed by atoms with Gasteiger partial charge >= 0.3 is 5.97 Å². The molecule has 3 aromatic rings. The fourth-order valence-corrected chi connectivity index (χ4v) is 2.69. The molecule has 0 radical (unpaired) electrons. The second-order valence-corrected chi connectivity index (χ2v) is 5.70. The highest BCUT2D eigenvalue weighted by atomic mass is 32.2. The number of fused-ring (bicyclic) bond motifs is 1. The van der Waals surface area contributed by atoms with Crippen LogP contribution in [0, 0.1) is 0 Å². The van der Waals surface area contributed by atoms with Crippen molar-refractivity contribution in [3.63, 3.8) is 0 Å². The van der Waals surface area contributed by atoms with Gasteiger partial charge in [0.15, 0.2) is 0 Å². The first-order chi connectivity index (χ1) is 10.2. The SMILES string of the molecule is COC(=O)C(C)Sc1nnc(-c2c[nH]c3ccccc23)o1. The Labute approximate surface area is 124 Å². The molecule has 6 nitrogen and oxygen atoms in total. The number of nitrogens with one attached hydrogen (secondary N) is 1. The minimum absolute atomic E-state index is 0.327. The van der Waals surface area contributed by atoms with E-state index in [1.54, 1.807) is 6.92 Å². The summed E-state index contributed by atoms with van der Waals surface area (Å²) in [4.78, 5) is 14.5. The van der Waals surface area contributed by atoms with E-state index in [0.717, 1.165) is 16.5 Å². The van der Waals surface area contributed by atoms with Gasteiger partial charge < -0.3 is 14.1 Å². The Hall–Kier alpha value is -2.28. The Morgan fingerprint density at radius 3 is 3.00 bits per heavy atom. The molecule has 0 spiro atoms. The number of rotatable bonds is 4. The number of aromatic nitrogens is 3. The Bertz CT molecular complexity index is 780. The van der Waals surface area contributed by atoms with Gasteiger partial charge in [0.1, 0.15) is 5.25 Å². The highest BCUT2D eigenvalue weighted by Gasteiger charge is 2.19. The number of carbonyl (C=O) groups excluding carboxylic acids is 1. The van der Waals surface area contributed by atoms with Gasteiger partial charge in [0, 0.05) is 17.1 Å². The van der Waals surface area contributed by atoms with Crippen LogP contribution in [0.5, 0.6) is 0 Å². The van der Waals surface area contributed by atoms with E-state index < -0.39 is 5.25 Å². The van der Waals surface area contributed by atoms with Crippen molar-refractivity contribution in [3.05, 3.63) is 30.5 Å². The predicted molar refractivity (Wildman–Crippen MR) is 78.9 cm³/mol. The Morgan fingerprint density at radius 1 is 1.38 bits per heavy atom. The van der Waals surface area contributed by atoms with Gasteiger partial charge in [-0.15, -0.1) is 10.2 Å². The average Bonchev–Trinajstić information content (AvgIpc) is 3.12. The number of H-pyrrole nitrogens is 1. The summed E-state index contributed by atoms with van der Waals surface area (Å²) in [5, 5.41) is 8.95. The number of aromatic amines is 1. The highest BCUT2D eigenvalue weighted by molar-refractivity contribution is 8.00. The molecule has 1 aromatic carbocycles. The van der Waals surface area contributed by atoms with Crippen molar-refractivity contribution in [1.82, 2.24) is 15.2 Å². The van der Waals surface area contributed by atoms with Crippen molar-refractivity contribution >= 4 is 28.6 Å². The summed E-state index contributed by atoms with van der Waals surface area (Å²) in [7, 11) is 1.35. The van der Waals surface area contributed by atoms with Crippen LogP contribution < -0.4 is 0 Å². The molecular weight excluding hydrogens is 290 g/mol. The van der Waals surface area contributed by atoms with Gasteiger partial charge in [-0.3, -0.25) is 4.79 Å². The van der Waals surface area contributed by atoms with Crippen molar-refractivity contribution < 1.29 is 13.9 Å². The number of thioether (sulfide) groups is 1. The molecular formula is C14H13N3O3S. The van der Waals surface area contributed by atoms with Gasteiger partial charge in [-0.2, -0.15) is 0 Å². The van der Waals surface area contributed by atoms with E-state index in [2.05, 4.69) is 19.9 Å². The van der Waals surface area contributed by atoms with Crippen molar-refractivity contribution in [1.29, 1.82) is 0 Å². The lowest BCUT2D eigenvalue weighted by molar-refractivity contribution is -0.139. The molecule has 7 heteroatoms. The molecule has 2 aromatic heterocycles. The first kappa shape index (κ1) is 13.7. The molecule has 0 fully saturated rings. The summed E-state index contributed by atoms with van der Waals surface area (Å²) >= 11 is 1.17.